The van der Waals surface area contributed by atoms with Crippen molar-refractivity contribution in [1.29, 1.82) is 0 Å². The molecule has 0 spiro atoms. The lowest BCUT2D eigenvalue weighted by Gasteiger charge is -2.30. The molecule has 4 heterocycles. The molecule has 0 bridgehead atoms. The highest BCUT2D eigenvalue weighted by Crippen LogP contribution is 2.33. The van der Waals surface area contributed by atoms with Crippen LogP contribution in [0.25, 0.3) is 16.6 Å². The van der Waals surface area contributed by atoms with Gasteiger partial charge in [-0.25, -0.2) is 9.37 Å². The number of rotatable bonds is 4. The van der Waals surface area contributed by atoms with E-state index in [1.54, 1.807) is 16.7 Å². The first-order chi connectivity index (χ1) is 14.6. The van der Waals surface area contributed by atoms with Crippen molar-refractivity contribution in [2.75, 3.05) is 19.6 Å². The topological polar surface area (TPSA) is 63.6 Å². The van der Waals surface area contributed by atoms with Gasteiger partial charge in [-0.2, -0.15) is 0 Å². The standard InChI is InChI=1S/C23H23FN4O2/c1-15-18(23(29)28-10-3-2-4-21(28)25-15)9-13-27-11-7-16(8-12-27)22-19-6-5-17(24)14-20(19)26-30-22/h2-6,10,14,16H,7-9,11-13H2,1H3. The van der Waals surface area contributed by atoms with E-state index in [-0.39, 0.29) is 17.3 Å². The third kappa shape index (κ3) is 3.39. The van der Waals surface area contributed by atoms with Gasteiger partial charge in [0, 0.05) is 41.4 Å². The Balaban J connectivity index is 1.26. The van der Waals surface area contributed by atoms with Crippen LogP contribution in [-0.2, 0) is 6.42 Å². The molecule has 0 aliphatic carbocycles. The zero-order valence-corrected chi connectivity index (χ0v) is 16.8. The van der Waals surface area contributed by atoms with Crippen LogP contribution < -0.4 is 5.56 Å². The van der Waals surface area contributed by atoms with Gasteiger partial charge in [0.15, 0.2) is 0 Å². The zero-order valence-electron chi connectivity index (χ0n) is 16.8. The average molecular weight is 406 g/mol. The molecular weight excluding hydrogens is 383 g/mol. The highest BCUT2D eigenvalue weighted by molar-refractivity contribution is 5.80. The fourth-order valence-electron chi connectivity index (χ4n) is 4.44. The summed E-state index contributed by atoms with van der Waals surface area (Å²) >= 11 is 0. The lowest BCUT2D eigenvalue weighted by atomic mass is 9.92. The number of aryl methyl sites for hydroxylation is 1. The maximum absolute atomic E-state index is 13.4. The third-order valence-corrected chi connectivity index (χ3v) is 6.14. The molecule has 1 aliphatic rings. The van der Waals surface area contributed by atoms with E-state index in [9.17, 15) is 9.18 Å². The van der Waals surface area contributed by atoms with E-state index in [1.165, 1.54) is 12.1 Å². The van der Waals surface area contributed by atoms with Crippen LogP contribution >= 0.6 is 0 Å². The first-order valence-electron chi connectivity index (χ1n) is 10.3. The van der Waals surface area contributed by atoms with Crippen LogP contribution in [0, 0.1) is 12.7 Å². The summed E-state index contributed by atoms with van der Waals surface area (Å²) in [6.07, 6.45) is 4.36. The highest BCUT2D eigenvalue weighted by Gasteiger charge is 2.26. The number of hydrogen-bond donors (Lipinski definition) is 0. The fraction of sp³-hybridized carbons (Fsp3) is 0.348. The Labute approximate surface area is 172 Å². The van der Waals surface area contributed by atoms with Crippen molar-refractivity contribution in [3.05, 3.63) is 75.8 Å². The maximum atomic E-state index is 13.4. The predicted octanol–water partition coefficient (Wildman–Crippen LogP) is 3.71. The summed E-state index contributed by atoms with van der Waals surface area (Å²) in [5.41, 5.74) is 2.87. The number of fused-ring (bicyclic) bond motifs is 2. The summed E-state index contributed by atoms with van der Waals surface area (Å²) in [5, 5.41) is 4.92. The van der Waals surface area contributed by atoms with Gasteiger partial charge in [-0.1, -0.05) is 11.2 Å². The van der Waals surface area contributed by atoms with E-state index in [2.05, 4.69) is 15.0 Å². The van der Waals surface area contributed by atoms with Crippen LogP contribution in [0.4, 0.5) is 4.39 Å². The highest BCUT2D eigenvalue weighted by atomic mass is 19.1. The van der Waals surface area contributed by atoms with Gasteiger partial charge in [-0.3, -0.25) is 9.20 Å². The van der Waals surface area contributed by atoms with Crippen molar-refractivity contribution in [3.63, 3.8) is 0 Å². The summed E-state index contributed by atoms with van der Waals surface area (Å²) < 4.78 is 20.6. The molecule has 0 unspecified atom stereocenters. The van der Waals surface area contributed by atoms with Crippen LogP contribution in [0.2, 0.25) is 0 Å². The van der Waals surface area contributed by atoms with Gasteiger partial charge in [0.25, 0.3) is 5.56 Å². The molecule has 1 aliphatic heterocycles. The summed E-state index contributed by atoms with van der Waals surface area (Å²) in [7, 11) is 0. The molecule has 3 aromatic heterocycles. The molecule has 1 aromatic carbocycles. The quantitative estimate of drug-likeness (QED) is 0.517. The number of nitrogens with zero attached hydrogens (tertiary/aromatic N) is 4. The summed E-state index contributed by atoms with van der Waals surface area (Å²) in [4.78, 5) is 19.8. The average Bonchev–Trinajstić information content (AvgIpc) is 3.17. The van der Waals surface area contributed by atoms with Gasteiger partial charge in [-0.15, -0.1) is 0 Å². The predicted molar refractivity (Wildman–Crippen MR) is 112 cm³/mol. The van der Waals surface area contributed by atoms with Crippen LogP contribution in [0.1, 0.15) is 35.8 Å². The minimum Gasteiger partial charge on any atom is -0.360 e. The van der Waals surface area contributed by atoms with Crippen LogP contribution in [0.3, 0.4) is 0 Å². The molecule has 0 atom stereocenters. The molecule has 1 fully saturated rings. The molecule has 0 N–H and O–H groups in total. The Morgan fingerprint density at radius 3 is 2.87 bits per heavy atom. The molecule has 4 aromatic rings. The van der Waals surface area contributed by atoms with Gasteiger partial charge in [0.2, 0.25) is 0 Å². The second kappa shape index (κ2) is 7.65. The van der Waals surface area contributed by atoms with Crippen molar-refractivity contribution < 1.29 is 8.91 Å². The molecular formula is C23H23FN4O2. The third-order valence-electron chi connectivity index (χ3n) is 6.14. The molecule has 5 rings (SSSR count). The van der Waals surface area contributed by atoms with Gasteiger partial charge in [0.1, 0.15) is 22.7 Å². The number of aromatic nitrogens is 3. The largest absolute Gasteiger partial charge is 0.360 e. The number of piperidine rings is 1. The van der Waals surface area contributed by atoms with Crippen LogP contribution in [0.15, 0.2) is 51.9 Å². The van der Waals surface area contributed by atoms with Crippen molar-refractivity contribution >= 4 is 16.6 Å². The van der Waals surface area contributed by atoms with E-state index in [0.717, 1.165) is 54.9 Å². The van der Waals surface area contributed by atoms with E-state index < -0.39 is 0 Å². The van der Waals surface area contributed by atoms with Gasteiger partial charge >= 0.3 is 0 Å². The summed E-state index contributed by atoms with van der Waals surface area (Å²) in [6, 6.07) is 10.2. The van der Waals surface area contributed by atoms with Crippen molar-refractivity contribution in [2.24, 2.45) is 0 Å². The molecule has 1 saturated heterocycles. The first-order valence-corrected chi connectivity index (χ1v) is 10.3. The number of benzene rings is 1. The fourth-order valence-corrected chi connectivity index (χ4v) is 4.44. The molecule has 0 saturated carbocycles. The summed E-state index contributed by atoms with van der Waals surface area (Å²) in [6.45, 7) is 4.59. The zero-order chi connectivity index (χ0) is 20.7. The van der Waals surface area contributed by atoms with Gasteiger partial charge in [-0.05, 0) is 63.5 Å². The second-order valence-corrected chi connectivity index (χ2v) is 7.98. The van der Waals surface area contributed by atoms with Crippen molar-refractivity contribution in [2.45, 2.75) is 32.1 Å². The Bertz CT molecular complexity index is 1270. The van der Waals surface area contributed by atoms with E-state index in [1.807, 2.05) is 25.1 Å². The smallest absolute Gasteiger partial charge is 0.261 e. The SMILES string of the molecule is Cc1nc2ccccn2c(=O)c1CCN1CCC(c2onc3cc(F)ccc23)CC1. The molecule has 30 heavy (non-hydrogen) atoms. The molecule has 0 radical (unpaired) electrons. The Hall–Kier alpha value is -3.06. The van der Waals surface area contributed by atoms with Crippen molar-refractivity contribution in [3.8, 4) is 0 Å². The maximum Gasteiger partial charge on any atom is 0.261 e. The number of pyridine rings is 1. The minimum atomic E-state index is -0.299. The monoisotopic (exact) mass is 406 g/mol. The number of hydrogen-bond acceptors (Lipinski definition) is 5. The second-order valence-electron chi connectivity index (χ2n) is 7.98. The number of halogens is 1. The van der Waals surface area contributed by atoms with E-state index >= 15 is 0 Å². The lowest BCUT2D eigenvalue weighted by Crippen LogP contribution is -2.35. The summed E-state index contributed by atoms with van der Waals surface area (Å²) in [5.74, 6) is 0.843. The van der Waals surface area contributed by atoms with Crippen LogP contribution in [-0.4, -0.2) is 39.1 Å². The molecule has 7 heteroatoms. The Morgan fingerprint density at radius 2 is 2.03 bits per heavy atom. The van der Waals surface area contributed by atoms with Crippen molar-refractivity contribution in [1.82, 2.24) is 19.4 Å². The molecule has 0 amide bonds. The Kier molecular flexibility index (Phi) is 4.83. The molecule has 154 valence electrons. The number of likely N-dealkylation sites (tertiary alicyclic amines) is 1. The Morgan fingerprint density at radius 1 is 1.20 bits per heavy atom. The normalized spacial score (nSPS) is 15.9. The van der Waals surface area contributed by atoms with Crippen LogP contribution in [0.5, 0.6) is 0 Å². The van der Waals surface area contributed by atoms with Gasteiger partial charge < -0.3 is 9.42 Å². The van der Waals surface area contributed by atoms with E-state index in [0.29, 0.717) is 17.6 Å². The first kappa shape index (κ1) is 18.9. The van der Waals surface area contributed by atoms with Gasteiger partial charge in [0.05, 0.1) is 0 Å². The molecule has 6 nitrogen and oxygen atoms in total. The van der Waals surface area contributed by atoms with E-state index in [4.69, 9.17) is 4.52 Å². The minimum absolute atomic E-state index is 0.0216. The lowest BCUT2D eigenvalue weighted by molar-refractivity contribution is 0.199.